The summed E-state index contributed by atoms with van der Waals surface area (Å²) in [5.74, 6) is -0.220. The molecule has 9 atom stereocenters. The van der Waals surface area contributed by atoms with Crippen molar-refractivity contribution in [2.24, 2.45) is 29.6 Å². The Bertz CT molecular complexity index is 711. The maximum absolute atomic E-state index is 11.9. The topological polar surface area (TPSA) is 63.2 Å². The molecule has 176 valence electrons. The van der Waals surface area contributed by atoms with Gasteiger partial charge in [-0.05, 0) is 51.4 Å². The highest BCUT2D eigenvalue weighted by Crippen LogP contribution is 2.62. The van der Waals surface area contributed by atoms with Crippen molar-refractivity contribution in [2.45, 2.75) is 78.2 Å². The molecule has 2 aliphatic carbocycles. The van der Waals surface area contributed by atoms with E-state index in [2.05, 4.69) is 39.8 Å². The fraction of sp³-hybridized carbons (Fsp3) is 0.800. The number of allylic oxidation sites excluding steroid dienone is 4. The van der Waals surface area contributed by atoms with Crippen LogP contribution in [0.4, 0.5) is 0 Å². The highest BCUT2D eigenvalue weighted by molar-refractivity contribution is 5.66. The maximum atomic E-state index is 11.9. The van der Waals surface area contributed by atoms with Crippen LogP contribution in [0.3, 0.4) is 0 Å². The van der Waals surface area contributed by atoms with Crippen molar-refractivity contribution in [3.8, 4) is 0 Å². The molecule has 9 unspecified atom stereocenters. The van der Waals surface area contributed by atoms with Crippen LogP contribution in [0, 0.1) is 29.6 Å². The standard InChI is InChI=1S/C25H40O6/c1-14(2)10-9-11-15(3)18-12-19(30-17(5)26)22-21(18)23-16(4)20(27-6)13-25(23,29-8)31-24(22)28-7/h10-11,16,18-24H,9,12-13H2,1-8H3. The van der Waals surface area contributed by atoms with E-state index >= 15 is 0 Å². The molecule has 0 aromatic heterocycles. The summed E-state index contributed by atoms with van der Waals surface area (Å²) in [5.41, 5.74) is 2.64. The zero-order chi connectivity index (χ0) is 22.9. The molecule has 0 aromatic rings. The van der Waals surface area contributed by atoms with Crippen molar-refractivity contribution >= 4 is 5.97 Å². The SMILES string of the molecule is COC1CC2(OC)OC(OC)C3C(OC(C)=O)CC(C(C)=CCC=C(C)C)C3C2C1C. The third-order valence-corrected chi connectivity index (χ3v) is 7.76. The molecule has 0 aromatic carbocycles. The van der Waals surface area contributed by atoms with Gasteiger partial charge in [-0.3, -0.25) is 4.79 Å². The largest absolute Gasteiger partial charge is 0.462 e. The Morgan fingerprint density at radius 2 is 1.74 bits per heavy atom. The molecule has 0 spiro atoms. The molecule has 0 radical (unpaired) electrons. The minimum Gasteiger partial charge on any atom is -0.462 e. The fourth-order valence-electron chi connectivity index (χ4n) is 6.44. The van der Waals surface area contributed by atoms with Crippen molar-refractivity contribution in [2.75, 3.05) is 21.3 Å². The van der Waals surface area contributed by atoms with Crippen LogP contribution in [-0.4, -0.2) is 51.6 Å². The normalized spacial score (nSPS) is 42.1. The average molecular weight is 437 g/mol. The Morgan fingerprint density at radius 3 is 2.29 bits per heavy atom. The molecule has 3 aliphatic rings. The highest BCUT2D eigenvalue weighted by Gasteiger charge is 2.68. The lowest BCUT2D eigenvalue weighted by Gasteiger charge is -2.50. The summed E-state index contributed by atoms with van der Waals surface area (Å²) in [6.07, 6.45) is 6.20. The smallest absolute Gasteiger partial charge is 0.302 e. The zero-order valence-corrected chi connectivity index (χ0v) is 20.3. The van der Waals surface area contributed by atoms with E-state index in [1.165, 1.54) is 18.1 Å². The quantitative estimate of drug-likeness (QED) is 0.433. The molecule has 3 rings (SSSR count). The predicted octanol–water partition coefficient (Wildman–Crippen LogP) is 4.49. The molecular weight excluding hydrogens is 396 g/mol. The van der Waals surface area contributed by atoms with E-state index in [9.17, 15) is 4.79 Å². The lowest BCUT2D eigenvalue weighted by Crippen LogP contribution is -2.57. The van der Waals surface area contributed by atoms with Crippen LogP contribution >= 0.6 is 0 Å². The Kier molecular flexibility index (Phi) is 7.67. The lowest BCUT2D eigenvalue weighted by atomic mass is 9.68. The van der Waals surface area contributed by atoms with Gasteiger partial charge in [-0.25, -0.2) is 0 Å². The van der Waals surface area contributed by atoms with Crippen molar-refractivity contribution in [1.82, 2.24) is 0 Å². The van der Waals surface area contributed by atoms with Crippen LogP contribution in [-0.2, 0) is 28.5 Å². The van der Waals surface area contributed by atoms with Gasteiger partial charge in [0.2, 0.25) is 0 Å². The lowest BCUT2D eigenvalue weighted by molar-refractivity contribution is -0.368. The number of fused-ring (bicyclic) bond motifs is 3. The van der Waals surface area contributed by atoms with Gasteiger partial charge < -0.3 is 23.7 Å². The van der Waals surface area contributed by atoms with Gasteiger partial charge in [-0.1, -0.05) is 30.2 Å². The first-order valence-electron chi connectivity index (χ1n) is 11.4. The summed E-state index contributed by atoms with van der Waals surface area (Å²) >= 11 is 0. The number of hydrogen-bond acceptors (Lipinski definition) is 6. The van der Waals surface area contributed by atoms with E-state index in [1.807, 2.05) is 0 Å². The van der Waals surface area contributed by atoms with Gasteiger partial charge in [0.15, 0.2) is 12.1 Å². The van der Waals surface area contributed by atoms with E-state index in [4.69, 9.17) is 23.7 Å². The highest BCUT2D eigenvalue weighted by atomic mass is 16.8. The Balaban J connectivity index is 2.05. The van der Waals surface area contributed by atoms with Crippen LogP contribution in [0.25, 0.3) is 0 Å². The van der Waals surface area contributed by atoms with Gasteiger partial charge >= 0.3 is 5.97 Å². The van der Waals surface area contributed by atoms with E-state index < -0.39 is 12.1 Å². The third-order valence-electron chi connectivity index (χ3n) is 7.76. The summed E-state index contributed by atoms with van der Waals surface area (Å²) in [6.45, 7) is 10.1. The number of rotatable bonds is 7. The van der Waals surface area contributed by atoms with Gasteiger partial charge in [0, 0.05) is 40.6 Å². The monoisotopic (exact) mass is 436 g/mol. The molecule has 6 nitrogen and oxygen atoms in total. The van der Waals surface area contributed by atoms with Gasteiger partial charge in [0.05, 0.1) is 12.0 Å². The minimum absolute atomic E-state index is 0.0444. The van der Waals surface area contributed by atoms with Crippen LogP contribution in [0.2, 0.25) is 0 Å². The molecule has 0 N–H and O–H groups in total. The molecular formula is C25H40O6. The molecule has 1 saturated heterocycles. The van der Waals surface area contributed by atoms with Crippen LogP contribution in [0.1, 0.15) is 53.9 Å². The Hall–Kier alpha value is -1.21. The second-order valence-electron chi connectivity index (χ2n) is 9.71. The molecule has 31 heavy (non-hydrogen) atoms. The van der Waals surface area contributed by atoms with Crippen molar-refractivity contribution in [1.29, 1.82) is 0 Å². The van der Waals surface area contributed by atoms with E-state index in [0.29, 0.717) is 6.42 Å². The predicted molar refractivity (Wildman–Crippen MR) is 118 cm³/mol. The first-order valence-corrected chi connectivity index (χ1v) is 11.4. The number of methoxy groups -OCH3 is 3. The molecule has 3 fully saturated rings. The number of esters is 1. The van der Waals surface area contributed by atoms with Crippen LogP contribution < -0.4 is 0 Å². The number of carbonyl (C=O) groups excluding carboxylic acids is 1. The van der Waals surface area contributed by atoms with Gasteiger partial charge in [0.25, 0.3) is 0 Å². The Morgan fingerprint density at radius 1 is 1.03 bits per heavy atom. The summed E-state index contributed by atoms with van der Waals surface area (Å²) in [7, 11) is 5.13. The maximum Gasteiger partial charge on any atom is 0.302 e. The van der Waals surface area contributed by atoms with Crippen LogP contribution in [0.15, 0.2) is 23.3 Å². The summed E-state index contributed by atoms with van der Waals surface area (Å²) in [4.78, 5) is 11.9. The van der Waals surface area contributed by atoms with Crippen LogP contribution in [0.5, 0.6) is 0 Å². The number of ether oxygens (including phenoxy) is 5. The number of carbonyl (C=O) groups is 1. The summed E-state index contributed by atoms with van der Waals surface area (Å²) in [5, 5.41) is 0. The fourth-order valence-corrected chi connectivity index (χ4v) is 6.44. The summed E-state index contributed by atoms with van der Waals surface area (Å²) < 4.78 is 30.1. The third kappa shape index (κ3) is 4.50. The van der Waals surface area contributed by atoms with Crippen molar-refractivity contribution < 1.29 is 28.5 Å². The van der Waals surface area contributed by atoms with Gasteiger partial charge in [-0.15, -0.1) is 0 Å². The first kappa shape index (κ1) is 24.4. The molecule has 6 heteroatoms. The first-order chi connectivity index (χ1) is 14.7. The summed E-state index contributed by atoms with van der Waals surface area (Å²) in [6, 6.07) is 0. The van der Waals surface area contributed by atoms with E-state index in [-0.39, 0.29) is 47.8 Å². The van der Waals surface area contributed by atoms with E-state index in [0.717, 1.165) is 12.8 Å². The van der Waals surface area contributed by atoms with E-state index in [1.54, 1.807) is 21.3 Å². The second-order valence-corrected chi connectivity index (χ2v) is 9.71. The van der Waals surface area contributed by atoms with Crippen molar-refractivity contribution in [3.63, 3.8) is 0 Å². The number of hydrogen-bond donors (Lipinski definition) is 0. The molecule has 1 heterocycles. The molecule has 1 aliphatic heterocycles. The van der Waals surface area contributed by atoms with Gasteiger partial charge in [-0.2, -0.15) is 0 Å². The van der Waals surface area contributed by atoms with Crippen molar-refractivity contribution in [3.05, 3.63) is 23.3 Å². The minimum atomic E-state index is -0.758. The average Bonchev–Trinajstić information content (AvgIpc) is 3.22. The molecule has 2 saturated carbocycles. The zero-order valence-electron chi connectivity index (χ0n) is 20.3. The Labute approximate surface area is 187 Å². The second kappa shape index (κ2) is 9.74. The molecule has 0 bridgehead atoms. The van der Waals surface area contributed by atoms with Gasteiger partial charge in [0.1, 0.15) is 6.10 Å². The molecule has 0 amide bonds.